The zero-order chi connectivity index (χ0) is 8.91. The third kappa shape index (κ3) is 6.18. The lowest BCUT2D eigenvalue weighted by molar-refractivity contribution is 0.579. The van der Waals surface area contributed by atoms with Crippen LogP contribution >= 0.6 is 10.4 Å². The van der Waals surface area contributed by atoms with Gasteiger partial charge in [-0.05, 0) is 18.4 Å². The van der Waals surface area contributed by atoms with Gasteiger partial charge in [-0.1, -0.05) is 23.8 Å². The summed E-state index contributed by atoms with van der Waals surface area (Å²) < 4.78 is 13.1. The molecular weight excluding hydrogens is 161 g/mol. The number of hydrogen-bond acceptors (Lipinski definition) is 1. The summed E-state index contributed by atoms with van der Waals surface area (Å²) in [7, 11) is -1.91. The van der Waals surface area contributed by atoms with Gasteiger partial charge in [0.2, 0.25) is 0 Å². The largest absolute Gasteiger partial charge is 0.198 e. The molecule has 1 unspecified atom stereocenters. The highest BCUT2D eigenvalue weighted by Gasteiger charge is 2.16. The van der Waals surface area contributed by atoms with Crippen molar-refractivity contribution >= 4 is 10.4 Å². The topological polar surface area (TPSA) is 23.8 Å². The van der Waals surface area contributed by atoms with E-state index in [0.29, 0.717) is 12.2 Å². The SMILES string of the molecule is CCC(CC#N)CS(C)(C)F. The van der Waals surface area contributed by atoms with Crippen LogP contribution < -0.4 is 0 Å². The second kappa shape index (κ2) is 4.61. The smallest absolute Gasteiger partial charge is 0.0624 e. The van der Waals surface area contributed by atoms with Crippen molar-refractivity contribution < 1.29 is 3.89 Å². The standard InChI is InChI=1S/C8H16FNS/c1-4-8(5-6-10)7-11(2,3)9/h8H,4-5,7H2,1-3H3. The molecule has 0 saturated carbocycles. The molecule has 0 heterocycles. The first-order valence-corrected chi connectivity index (χ1v) is 6.29. The first-order chi connectivity index (χ1) is 4.99. The molecule has 0 radical (unpaired) electrons. The maximum atomic E-state index is 13.1. The van der Waals surface area contributed by atoms with Crippen molar-refractivity contribution in [1.29, 1.82) is 5.26 Å². The van der Waals surface area contributed by atoms with Crippen LogP contribution in [0, 0.1) is 17.2 Å². The fraction of sp³-hybridized carbons (Fsp3) is 0.875. The molecule has 3 heteroatoms. The molecule has 0 amide bonds. The molecule has 0 aliphatic heterocycles. The Kier molecular flexibility index (Phi) is 4.51. The Hall–Kier alpha value is -0.230. The number of nitrogens with zero attached hydrogens (tertiary/aromatic N) is 1. The molecular formula is C8H16FNS. The number of rotatable bonds is 4. The molecule has 0 aliphatic carbocycles. The lowest BCUT2D eigenvalue weighted by Crippen LogP contribution is -2.08. The van der Waals surface area contributed by atoms with Crippen LogP contribution in [0.1, 0.15) is 19.8 Å². The van der Waals surface area contributed by atoms with Crippen molar-refractivity contribution in [1.82, 2.24) is 0 Å². The average Bonchev–Trinajstić information content (AvgIpc) is 1.84. The van der Waals surface area contributed by atoms with Crippen LogP contribution in [0.4, 0.5) is 3.89 Å². The Bertz CT molecular complexity index is 145. The zero-order valence-electron chi connectivity index (χ0n) is 7.43. The van der Waals surface area contributed by atoms with E-state index in [1.165, 1.54) is 0 Å². The molecule has 11 heavy (non-hydrogen) atoms. The average molecular weight is 177 g/mol. The maximum Gasteiger partial charge on any atom is 0.0624 e. The van der Waals surface area contributed by atoms with E-state index in [9.17, 15) is 3.89 Å². The van der Waals surface area contributed by atoms with Crippen LogP contribution in [0.5, 0.6) is 0 Å². The molecule has 1 nitrogen and oxygen atoms in total. The second-order valence-electron chi connectivity index (χ2n) is 3.21. The fourth-order valence-corrected chi connectivity index (χ4v) is 2.49. The summed E-state index contributed by atoms with van der Waals surface area (Å²) in [4.78, 5) is 0. The normalized spacial score (nSPS) is 15.5. The molecule has 0 aromatic heterocycles. The van der Waals surface area contributed by atoms with Crippen molar-refractivity contribution in [2.75, 3.05) is 18.3 Å². The first kappa shape index (κ1) is 10.8. The fourth-order valence-electron chi connectivity index (χ4n) is 1.01. The highest BCUT2D eigenvalue weighted by molar-refractivity contribution is 8.28. The Balaban J connectivity index is 3.80. The van der Waals surface area contributed by atoms with E-state index in [-0.39, 0.29) is 5.92 Å². The Morgan fingerprint density at radius 2 is 2.09 bits per heavy atom. The Morgan fingerprint density at radius 3 is 2.36 bits per heavy atom. The molecule has 0 saturated heterocycles. The number of nitriles is 1. The molecule has 0 aromatic carbocycles. The Labute approximate surface area is 70.2 Å². The van der Waals surface area contributed by atoms with Crippen molar-refractivity contribution in [3.05, 3.63) is 0 Å². The molecule has 66 valence electrons. The van der Waals surface area contributed by atoms with E-state index in [0.717, 1.165) is 6.42 Å². The first-order valence-electron chi connectivity index (χ1n) is 3.77. The van der Waals surface area contributed by atoms with Gasteiger partial charge in [0.25, 0.3) is 0 Å². The van der Waals surface area contributed by atoms with Gasteiger partial charge in [-0.2, -0.15) is 9.15 Å². The van der Waals surface area contributed by atoms with E-state index in [2.05, 4.69) is 6.07 Å². The summed E-state index contributed by atoms with van der Waals surface area (Å²) in [5.41, 5.74) is 0. The summed E-state index contributed by atoms with van der Waals surface area (Å²) in [5.74, 6) is 0.840. The summed E-state index contributed by atoms with van der Waals surface area (Å²) in [6.07, 6.45) is 4.70. The van der Waals surface area contributed by atoms with E-state index in [4.69, 9.17) is 5.26 Å². The minimum absolute atomic E-state index is 0.259. The van der Waals surface area contributed by atoms with Gasteiger partial charge in [0.05, 0.1) is 6.07 Å². The molecule has 0 fully saturated rings. The molecule has 0 aromatic rings. The quantitative estimate of drug-likeness (QED) is 0.647. The molecule has 0 N–H and O–H groups in total. The van der Waals surface area contributed by atoms with Gasteiger partial charge in [0.1, 0.15) is 0 Å². The van der Waals surface area contributed by atoms with Gasteiger partial charge in [0.15, 0.2) is 0 Å². The summed E-state index contributed by atoms with van der Waals surface area (Å²) in [6.45, 7) is 2.01. The van der Waals surface area contributed by atoms with Crippen molar-refractivity contribution in [2.45, 2.75) is 19.8 Å². The van der Waals surface area contributed by atoms with Gasteiger partial charge >= 0.3 is 0 Å². The summed E-state index contributed by atoms with van der Waals surface area (Å²) in [5, 5.41) is 8.40. The zero-order valence-corrected chi connectivity index (χ0v) is 8.25. The monoisotopic (exact) mass is 177 g/mol. The number of hydrogen-bond donors (Lipinski definition) is 0. The summed E-state index contributed by atoms with van der Waals surface area (Å²) in [6, 6.07) is 2.09. The van der Waals surface area contributed by atoms with Crippen molar-refractivity contribution in [3.63, 3.8) is 0 Å². The second-order valence-corrected chi connectivity index (χ2v) is 6.35. The number of halogens is 1. The van der Waals surface area contributed by atoms with E-state index < -0.39 is 10.4 Å². The molecule has 1 atom stereocenters. The van der Waals surface area contributed by atoms with Crippen LogP contribution in [-0.4, -0.2) is 18.3 Å². The van der Waals surface area contributed by atoms with E-state index in [1.807, 2.05) is 6.92 Å². The van der Waals surface area contributed by atoms with Gasteiger partial charge in [0, 0.05) is 12.2 Å². The highest BCUT2D eigenvalue weighted by Crippen LogP contribution is 2.44. The van der Waals surface area contributed by atoms with E-state index >= 15 is 0 Å². The van der Waals surface area contributed by atoms with Gasteiger partial charge < -0.3 is 0 Å². The molecule has 0 aliphatic rings. The molecule has 0 bridgehead atoms. The summed E-state index contributed by atoms with van der Waals surface area (Å²) >= 11 is 0. The van der Waals surface area contributed by atoms with Crippen molar-refractivity contribution in [3.8, 4) is 6.07 Å². The molecule has 0 spiro atoms. The predicted octanol–water partition coefficient (Wildman–Crippen LogP) is 2.87. The van der Waals surface area contributed by atoms with Crippen LogP contribution in [0.3, 0.4) is 0 Å². The third-order valence-electron chi connectivity index (χ3n) is 1.59. The minimum atomic E-state index is -1.91. The van der Waals surface area contributed by atoms with Crippen LogP contribution in [0.15, 0.2) is 0 Å². The maximum absolute atomic E-state index is 13.1. The van der Waals surface area contributed by atoms with Crippen molar-refractivity contribution in [2.24, 2.45) is 5.92 Å². The van der Waals surface area contributed by atoms with Gasteiger partial charge in [-0.15, -0.1) is 0 Å². The van der Waals surface area contributed by atoms with Crippen LogP contribution in [0.2, 0.25) is 0 Å². The lowest BCUT2D eigenvalue weighted by atomic mass is 10.1. The van der Waals surface area contributed by atoms with Crippen LogP contribution in [-0.2, 0) is 0 Å². The lowest BCUT2D eigenvalue weighted by Gasteiger charge is -2.24. The third-order valence-corrected chi connectivity index (χ3v) is 2.85. The minimum Gasteiger partial charge on any atom is -0.198 e. The van der Waals surface area contributed by atoms with Gasteiger partial charge in [-0.3, -0.25) is 0 Å². The van der Waals surface area contributed by atoms with Crippen LogP contribution in [0.25, 0.3) is 0 Å². The highest BCUT2D eigenvalue weighted by atomic mass is 32.3. The Morgan fingerprint density at radius 1 is 1.55 bits per heavy atom. The molecule has 0 rings (SSSR count). The van der Waals surface area contributed by atoms with E-state index in [1.54, 1.807) is 12.5 Å². The van der Waals surface area contributed by atoms with Gasteiger partial charge in [-0.25, -0.2) is 0 Å². The predicted molar refractivity (Wildman–Crippen MR) is 49.4 cm³/mol.